The summed E-state index contributed by atoms with van der Waals surface area (Å²) in [7, 11) is 1.88. The van der Waals surface area contributed by atoms with Crippen molar-refractivity contribution in [2.45, 2.75) is 27.2 Å². The van der Waals surface area contributed by atoms with Gasteiger partial charge in [-0.15, -0.1) is 11.3 Å². The van der Waals surface area contributed by atoms with Crippen molar-refractivity contribution in [2.75, 3.05) is 11.9 Å². The summed E-state index contributed by atoms with van der Waals surface area (Å²) in [5.41, 5.74) is 2.68. The minimum Gasteiger partial charge on any atom is -0.305 e. The first kappa shape index (κ1) is 21.4. The van der Waals surface area contributed by atoms with E-state index in [0.717, 1.165) is 27.9 Å². The fraction of sp³-hybridized carbons (Fsp3) is 0.238. The van der Waals surface area contributed by atoms with E-state index in [9.17, 15) is 8.78 Å². The van der Waals surface area contributed by atoms with Crippen LogP contribution in [-0.4, -0.2) is 21.4 Å². The molecule has 0 radical (unpaired) electrons. The van der Waals surface area contributed by atoms with Crippen LogP contribution in [0.25, 0.3) is 16.9 Å². The molecule has 0 aliphatic rings. The molecule has 0 amide bonds. The van der Waals surface area contributed by atoms with Crippen molar-refractivity contribution >= 4 is 43.9 Å². The van der Waals surface area contributed by atoms with Crippen LogP contribution in [0.1, 0.15) is 26.5 Å². The average molecular weight is 479 g/mol. The van der Waals surface area contributed by atoms with Crippen molar-refractivity contribution in [3.05, 3.63) is 63.7 Å². The van der Waals surface area contributed by atoms with Crippen molar-refractivity contribution in [1.82, 2.24) is 14.4 Å². The molecule has 0 spiro atoms. The number of rotatable bonds is 4. The molecule has 3 aromatic heterocycles. The quantitative estimate of drug-likeness (QED) is 0.321. The number of benzene rings is 1. The van der Waals surface area contributed by atoms with Gasteiger partial charge in [0.05, 0.1) is 11.4 Å². The first-order chi connectivity index (χ1) is 14.0. The minimum atomic E-state index is -0.384. The van der Waals surface area contributed by atoms with Crippen LogP contribution in [0, 0.1) is 11.6 Å². The van der Waals surface area contributed by atoms with Crippen molar-refractivity contribution < 1.29 is 8.78 Å². The van der Waals surface area contributed by atoms with Gasteiger partial charge in [0.2, 0.25) is 0 Å². The minimum absolute atomic E-state index is 0.280. The number of thiazole rings is 1. The van der Waals surface area contributed by atoms with Crippen LogP contribution in [0.15, 0.2) is 46.4 Å². The molecule has 0 fully saturated rings. The third kappa shape index (κ3) is 4.18. The number of nitrogens with zero attached hydrogens (tertiary/aromatic N) is 4. The Morgan fingerprint density at radius 1 is 1.14 bits per heavy atom. The van der Waals surface area contributed by atoms with E-state index in [-0.39, 0.29) is 17.3 Å². The molecule has 3 heterocycles. The van der Waals surface area contributed by atoms with Gasteiger partial charge in [0.15, 0.2) is 16.6 Å². The van der Waals surface area contributed by atoms with Gasteiger partial charge in [0.25, 0.3) is 0 Å². The highest BCUT2D eigenvalue weighted by Crippen LogP contribution is 2.34. The molecule has 29 heavy (non-hydrogen) atoms. The maximum Gasteiger partial charge on any atom is 0.191 e. The van der Waals surface area contributed by atoms with Crippen molar-refractivity contribution in [1.29, 1.82) is 0 Å². The number of aromatic nitrogens is 3. The van der Waals surface area contributed by atoms with Gasteiger partial charge >= 0.3 is 0 Å². The second-order valence-electron chi connectivity index (χ2n) is 6.02. The van der Waals surface area contributed by atoms with Gasteiger partial charge in [-0.25, -0.2) is 18.7 Å². The molecule has 0 N–H and O–H groups in total. The zero-order chi connectivity index (χ0) is 21.1. The maximum absolute atomic E-state index is 14.3. The summed E-state index contributed by atoms with van der Waals surface area (Å²) < 4.78 is 29.8. The van der Waals surface area contributed by atoms with E-state index in [2.05, 4.69) is 25.9 Å². The fourth-order valence-electron chi connectivity index (χ4n) is 2.96. The van der Waals surface area contributed by atoms with E-state index in [1.165, 1.54) is 29.5 Å². The van der Waals surface area contributed by atoms with E-state index < -0.39 is 0 Å². The zero-order valence-electron chi connectivity index (χ0n) is 16.6. The maximum atomic E-state index is 14.3. The summed E-state index contributed by atoms with van der Waals surface area (Å²) >= 11 is 4.81. The van der Waals surface area contributed by atoms with Crippen LogP contribution in [-0.2, 0) is 6.42 Å². The SMILES string of the molecule is CC.CCc1nc2c(F)cc(Br)cn2c1N(C)c1nc(-c2ccc(F)cc2)cs1. The van der Waals surface area contributed by atoms with Crippen LogP contribution in [0.5, 0.6) is 0 Å². The highest BCUT2D eigenvalue weighted by molar-refractivity contribution is 9.10. The van der Waals surface area contributed by atoms with Gasteiger partial charge in [-0.05, 0) is 52.7 Å². The zero-order valence-corrected chi connectivity index (χ0v) is 19.0. The lowest BCUT2D eigenvalue weighted by atomic mass is 10.2. The fourth-order valence-corrected chi connectivity index (χ4v) is 4.17. The number of anilines is 2. The Bertz CT molecular complexity index is 1120. The van der Waals surface area contributed by atoms with Gasteiger partial charge in [-0.1, -0.05) is 20.8 Å². The number of imidazole rings is 1. The molecule has 8 heteroatoms. The van der Waals surface area contributed by atoms with Crippen LogP contribution in [0.2, 0.25) is 0 Å². The van der Waals surface area contributed by atoms with Gasteiger partial charge in [0, 0.05) is 28.7 Å². The Kier molecular flexibility index (Phi) is 6.64. The standard InChI is InChI=1S/C19H15BrF2N4S.C2H6/c1-3-15-18(26-9-12(20)8-14(22)17(26)23-15)25(2)19-24-16(10-27-19)11-4-6-13(21)7-5-11;1-2/h4-10H,3H2,1-2H3;1-2H3. The molecule has 0 aliphatic carbocycles. The Morgan fingerprint density at radius 2 is 1.83 bits per heavy atom. The van der Waals surface area contributed by atoms with Crippen molar-refractivity contribution in [3.63, 3.8) is 0 Å². The van der Waals surface area contributed by atoms with Crippen LogP contribution in [0.4, 0.5) is 19.7 Å². The summed E-state index contributed by atoms with van der Waals surface area (Å²) in [5.74, 6) is 0.106. The molecule has 0 aliphatic heterocycles. The molecule has 0 atom stereocenters. The number of halogens is 3. The van der Waals surface area contributed by atoms with Gasteiger partial charge in [-0.2, -0.15) is 0 Å². The molecule has 0 unspecified atom stereocenters. The van der Waals surface area contributed by atoms with Gasteiger partial charge in [0.1, 0.15) is 11.6 Å². The van der Waals surface area contributed by atoms with Crippen LogP contribution < -0.4 is 4.90 Å². The third-order valence-corrected chi connectivity index (χ3v) is 5.61. The molecule has 1 aromatic carbocycles. The topological polar surface area (TPSA) is 33.4 Å². The lowest BCUT2D eigenvalue weighted by molar-refractivity contribution is 0.628. The molecule has 4 nitrogen and oxygen atoms in total. The lowest BCUT2D eigenvalue weighted by Gasteiger charge is -2.17. The van der Waals surface area contributed by atoms with Crippen molar-refractivity contribution in [3.8, 4) is 11.3 Å². The number of hydrogen-bond acceptors (Lipinski definition) is 4. The van der Waals surface area contributed by atoms with E-state index in [0.29, 0.717) is 10.9 Å². The normalized spacial score (nSPS) is 10.7. The Hall–Kier alpha value is -2.32. The molecule has 0 saturated heterocycles. The molecule has 4 rings (SSSR count). The van der Waals surface area contributed by atoms with Crippen LogP contribution in [0.3, 0.4) is 0 Å². The second-order valence-corrected chi connectivity index (χ2v) is 7.77. The van der Waals surface area contributed by atoms with Gasteiger partial charge in [-0.3, -0.25) is 4.40 Å². The molecule has 0 saturated carbocycles. The van der Waals surface area contributed by atoms with E-state index in [1.54, 1.807) is 22.7 Å². The molecule has 152 valence electrons. The smallest absolute Gasteiger partial charge is 0.191 e. The highest BCUT2D eigenvalue weighted by Gasteiger charge is 2.21. The first-order valence-electron chi connectivity index (χ1n) is 9.29. The predicted molar refractivity (Wildman–Crippen MR) is 119 cm³/mol. The summed E-state index contributed by atoms with van der Waals surface area (Å²) in [4.78, 5) is 11.0. The van der Waals surface area contributed by atoms with Crippen LogP contribution >= 0.6 is 27.3 Å². The summed E-state index contributed by atoms with van der Waals surface area (Å²) in [6, 6.07) is 7.64. The number of hydrogen-bond donors (Lipinski definition) is 0. The molecule has 4 aromatic rings. The van der Waals surface area contributed by atoms with E-state index in [1.807, 2.05) is 38.1 Å². The number of aryl methyl sites for hydroxylation is 1. The summed E-state index contributed by atoms with van der Waals surface area (Å²) in [6.45, 7) is 5.98. The van der Waals surface area contributed by atoms with Gasteiger partial charge < -0.3 is 4.90 Å². The summed E-state index contributed by atoms with van der Waals surface area (Å²) in [5, 5.41) is 2.66. The summed E-state index contributed by atoms with van der Waals surface area (Å²) in [6.07, 6.45) is 2.46. The average Bonchev–Trinajstić information content (AvgIpc) is 3.35. The lowest BCUT2D eigenvalue weighted by Crippen LogP contribution is -2.13. The second kappa shape index (κ2) is 9.00. The first-order valence-corrected chi connectivity index (χ1v) is 11.0. The third-order valence-electron chi connectivity index (χ3n) is 4.26. The Balaban J connectivity index is 0.00000117. The number of pyridine rings is 1. The Morgan fingerprint density at radius 3 is 2.48 bits per heavy atom. The van der Waals surface area contributed by atoms with Crippen molar-refractivity contribution in [2.24, 2.45) is 0 Å². The van der Waals surface area contributed by atoms with E-state index in [4.69, 9.17) is 0 Å². The largest absolute Gasteiger partial charge is 0.305 e. The monoisotopic (exact) mass is 478 g/mol. The predicted octanol–water partition coefficient (Wildman–Crippen LogP) is 6.86. The van der Waals surface area contributed by atoms with E-state index >= 15 is 0 Å². The molecule has 0 bridgehead atoms. The molecular weight excluding hydrogens is 458 g/mol. The number of fused-ring (bicyclic) bond motifs is 1. The molecular formula is C21H21BrF2N4S. The Labute approximate surface area is 181 Å². The highest BCUT2D eigenvalue weighted by atomic mass is 79.9.